The zero-order valence-corrected chi connectivity index (χ0v) is 10.1. The van der Waals surface area contributed by atoms with Crippen molar-refractivity contribution in [2.75, 3.05) is 19.6 Å². The fourth-order valence-electron chi connectivity index (χ4n) is 2.44. The molecule has 1 rings (SSSR count). The molecule has 3 heteroatoms. The van der Waals surface area contributed by atoms with Crippen LogP contribution in [0.15, 0.2) is 0 Å². The Morgan fingerprint density at radius 3 is 2.40 bits per heavy atom. The molecule has 15 heavy (non-hydrogen) atoms. The van der Waals surface area contributed by atoms with E-state index in [2.05, 4.69) is 11.8 Å². The highest BCUT2D eigenvalue weighted by Gasteiger charge is 2.37. The Morgan fingerprint density at radius 2 is 2.07 bits per heavy atom. The number of carboxylic acids is 1. The molecule has 0 radical (unpaired) electrons. The fraction of sp³-hybridized carbons (Fsp3) is 0.917. The molecular formula is C12H23NO2. The van der Waals surface area contributed by atoms with Gasteiger partial charge in [-0.2, -0.15) is 0 Å². The number of nitrogens with zero attached hydrogens (tertiary/aromatic N) is 1. The largest absolute Gasteiger partial charge is 0.481 e. The number of carboxylic acid groups (broad SMARTS) is 1. The maximum atomic E-state index is 11.3. The first-order chi connectivity index (χ1) is 7.04. The highest BCUT2D eigenvalue weighted by atomic mass is 16.4. The summed E-state index contributed by atoms with van der Waals surface area (Å²) in [6.07, 6.45) is 2.66. The van der Waals surface area contributed by atoms with Crippen LogP contribution in [0, 0.1) is 11.3 Å². The molecular weight excluding hydrogens is 190 g/mol. The molecule has 0 aromatic carbocycles. The Kier molecular flexibility index (Phi) is 4.14. The summed E-state index contributed by atoms with van der Waals surface area (Å²) in [5.41, 5.74) is -0.524. The molecule has 0 aliphatic carbocycles. The normalized spacial score (nSPS) is 23.3. The Morgan fingerprint density at radius 1 is 1.47 bits per heavy atom. The standard InChI is InChI=1S/C12H23NO2/c1-4-12(5-2,11(14)15)9-13-7-6-10(3)8-13/h10H,4-9H2,1-3H3,(H,14,15). The molecule has 1 unspecified atom stereocenters. The summed E-state index contributed by atoms with van der Waals surface area (Å²) >= 11 is 0. The predicted molar refractivity (Wildman–Crippen MR) is 60.9 cm³/mol. The van der Waals surface area contributed by atoms with Gasteiger partial charge in [-0.3, -0.25) is 4.79 Å². The van der Waals surface area contributed by atoms with Gasteiger partial charge in [-0.15, -0.1) is 0 Å². The minimum Gasteiger partial charge on any atom is -0.481 e. The predicted octanol–water partition coefficient (Wildman–Crippen LogP) is 2.22. The van der Waals surface area contributed by atoms with E-state index in [1.54, 1.807) is 0 Å². The highest BCUT2D eigenvalue weighted by molar-refractivity contribution is 5.74. The van der Waals surface area contributed by atoms with Crippen molar-refractivity contribution in [2.45, 2.75) is 40.0 Å². The summed E-state index contributed by atoms with van der Waals surface area (Å²) in [6, 6.07) is 0. The van der Waals surface area contributed by atoms with Gasteiger partial charge >= 0.3 is 5.97 Å². The second kappa shape index (κ2) is 4.97. The maximum Gasteiger partial charge on any atom is 0.310 e. The summed E-state index contributed by atoms with van der Waals surface area (Å²) in [7, 11) is 0. The summed E-state index contributed by atoms with van der Waals surface area (Å²) in [6.45, 7) is 9.06. The summed E-state index contributed by atoms with van der Waals surface area (Å²) < 4.78 is 0. The number of likely N-dealkylation sites (tertiary alicyclic amines) is 1. The lowest BCUT2D eigenvalue weighted by Crippen LogP contribution is -2.41. The molecule has 0 spiro atoms. The van der Waals surface area contributed by atoms with Crippen LogP contribution < -0.4 is 0 Å². The zero-order valence-electron chi connectivity index (χ0n) is 10.1. The second-order valence-corrected chi connectivity index (χ2v) is 4.92. The van der Waals surface area contributed by atoms with Gasteiger partial charge in [0.1, 0.15) is 0 Å². The molecule has 88 valence electrons. The molecule has 0 aromatic heterocycles. The van der Waals surface area contributed by atoms with Gasteiger partial charge in [0.25, 0.3) is 0 Å². The molecule has 0 aromatic rings. The summed E-state index contributed by atoms with van der Waals surface area (Å²) in [5.74, 6) is 0.0947. The van der Waals surface area contributed by atoms with Crippen LogP contribution in [0.25, 0.3) is 0 Å². The molecule has 1 aliphatic heterocycles. The summed E-state index contributed by atoms with van der Waals surface area (Å²) in [4.78, 5) is 13.6. The molecule has 3 nitrogen and oxygen atoms in total. The van der Waals surface area contributed by atoms with Crippen molar-refractivity contribution < 1.29 is 9.90 Å². The van der Waals surface area contributed by atoms with E-state index in [0.29, 0.717) is 0 Å². The van der Waals surface area contributed by atoms with E-state index in [1.165, 1.54) is 6.42 Å². The van der Waals surface area contributed by atoms with Crippen LogP contribution in [0.2, 0.25) is 0 Å². The first-order valence-electron chi connectivity index (χ1n) is 6.00. The van der Waals surface area contributed by atoms with E-state index in [1.807, 2.05) is 13.8 Å². The lowest BCUT2D eigenvalue weighted by molar-refractivity contribution is -0.150. The van der Waals surface area contributed by atoms with Crippen LogP contribution in [0.3, 0.4) is 0 Å². The third kappa shape index (κ3) is 2.71. The van der Waals surface area contributed by atoms with Crippen LogP contribution in [0.5, 0.6) is 0 Å². The Bertz CT molecular complexity index is 224. The van der Waals surface area contributed by atoms with Crippen molar-refractivity contribution in [2.24, 2.45) is 11.3 Å². The Balaban J connectivity index is 2.62. The number of rotatable bonds is 5. The third-order valence-corrected chi connectivity index (χ3v) is 3.84. The van der Waals surface area contributed by atoms with Crippen molar-refractivity contribution in [3.8, 4) is 0 Å². The van der Waals surface area contributed by atoms with Gasteiger partial charge in [0.05, 0.1) is 5.41 Å². The van der Waals surface area contributed by atoms with Crippen LogP contribution in [-0.2, 0) is 4.79 Å². The molecule has 1 heterocycles. The van der Waals surface area contributed by atoms with Gasteiger partial charge in [-0.05, 0) is 31.7 Å². The van der Waals surface area contributed by atoms with Crippen LogP contribution in [0.4, 0.5) is 0 Å². The van der Waals surface area contributed by atoms with Crippen molar-refractivity contribution in [3.63, 3.8) is 0 Å². The zero-order chi connectivity index (χ0) is 11.5. The van der Waals surface area contributed by atoms with Gasteiger partial charge in [0, 0.05) is 13.1 Å². The number of aliphatic carboxylic acids is 1. The highest BCUT2D eigenvalue weighted by Crippen LogP contribution is 2.30. The van der Waals surface area contributed by atoms with Crippen molar-refractivity contribution >= 4 is 5.97 Å². The first kappa shape index (κ1) is 12.5. The van der Waals surface area contributed by atoms with Gasteiger partial charge in [-0.25, -0.2) is 0 Å². The van der Waals surface area contributed by atoms with Crippen molar-refractivity contribution in [3.05, 3.63) is 0 Å². The topological polar surface area (TPSA) is 40.5 Å². The van der Waals surface area contributed by atoms with E-state index in [4.69, 9.17) is 0 Å². The van der Waals surface area contributed by atoms with E-state index < -0.39 is 11.4 Å². The van der Waals surface area contributed by atoms with Gasteiger partial charge < -0.3 is 10.0 Å². The third-order valence-electron chi connectivity index (χ3n) is 3.84. The number of hydrogen-bond acceptors (Lipinski definition) is 2. The molecule has 0 saturated carbocycles. The van der Waals surface area contributed by atoms with Gasteiger partial charge in [-0.1, -0.05) is 20.8 Å². The molecule has 1 atom stereocenters. The molecule has 1 N–H and O–H groups in total. The van der Waals surface area contributed by atoms with E-state index in [-0.39, 0.29) is 0 Å². The molecule has 0 bridgehead atoms. The smallest absolute Gasteiger partial charge is 0.310 e. The van der Waals surface area contributed by atoms with Crippen LogP contribution in [-0.4, -0.2) is 35.6 Å². The number of hydrogen-bond donors (Lipinski definition) is 1. The minimum absolute atomic E-state index is 0.524. The van der Waals surface area contributed by atoms with E-state index in [0.717, 1.165) is 38.4 Å². The van der Waals surface area contributed by atoms with Gasteiger partial charge in [0.2, 0.25) is 0 Å². The fourth-order valence-corrected chi connectivity index (χ4v) is 2.44. The lowest BCUT2D eigenvalue weighted by Gasteiger charge is -2.31. The van der Waals surface area contributed by atoms with Crippen LogP contribution in [0.1, 0.15) is 40.0 Å². The van der Waals surface area contributed by atoms with Crippen molar-refractivity contribution in [1.29, 1.82) is 0 Å². The molecule has 1 saturated heterocycles. The van der Waals surface area contributed by atoms with Gasteiger partial charge in [0.15, 0.2) is 0 Å². The quantitative estimate of drug-likeness (QED) is 0.761. The summed E-state index contributed by atoms with van der Waals surface area (Å²) in [5, 5.41) is 9.32. The van der Waals surface area contributed by atoms with Crippen LogP contribution >= 0.6 is 0 Å². The SMILES string of the molecule is CCC(CC)(CN1CCC(C)C1)C(=O)O. The Hall–Kier alpha value is -0.570. The average Bonchev–Trinajstić information content (AvgIpc) is 2.60. The number of carbonyl (C=O) groups is 1. The lowest BCUT2D eigenvalue weighted by atomic mass is 9.82. The molecule has 0 amide bonds. The average molecular weight is 213 g/mol. The van der Waals surface area contributed by atoms with E-state index >= 15 is 0 Å². The Labute approximate surface area is 92.5 Å². The van der Waals surface area contributed by atoms with Crippen molar-refractivity contribution in [1.82, 2.24) is 4.90 Å². The maximum absolute atomic E-state index is 11.3. The monoisotopic (exact) mass is 213 g/mol. The van der Waals surface area contributed by atoms with E-state index in [9.17, 15) is 9.90 Å². The molecule has 1 fully saturated rings. The second-order valence-electron chi connectivity index (χ2n) is 4.92. The first-order valence-corrected chi connectivity index (χ1v) is 6.00. The minimum atomic E-state index is -0.632. The molecule has 1 aliphatic rings.